The van der Waals surface area contributed by atoms with Crippen LogP contribution in [0.3, 0.4) is 0 Å². The van der Waals surface area contributed by atoms with Crippen molar-refractivity contribution in [3.05, 3.63) is 21.0 Å². The Hall–Kier alpha value is -0.880. The van der Waals surface area contributed by atoms with Gasteiger partial charge < -0.3 is 10.6 Å². The van der Waals surface area contributed by atoms with E-state index in [1.54, 1.807) is 6.20 Å². The Bertz CT molecular complexity index is 531. The van der Waals surface area contributed by atoms with Gasteiger partial charge >= 0.3 is 0 Å². The van der Waals surface area contributed by atoms with Crippen LogP contribution >= 0.6 is 15.9 Å². The molecule has 0 aliphatic carbocycles. The Labute approximate surface area is 134 Å². The molecule has 1 aromatic rings. The van der Waals surface area contributed by atoms with Gasteiger partial charge in [0.25, 0.3) is 5.56 Å². The number of hydrogen-bond donors (Lipinski definition) is 1. The van der Waals surface area contributed by atoms with Gasteiger partial charge in [0.05, 0.1) is 11.9 Å². The maximum absolute atomic E-state index is 12.3. The van der Waals surface area contributed by atoms with Gasteiger partial charge in [-0.25, -0.2) is 4.68 Å². The lowest BCUT2D eigenvalue weighted by Gasteiger charge is -2.40. The van der Waals surface area contributed by atoms with Crippen LogP contribution in [0.5, 0.6) is 0 Å². The fraction of sp³-hybridized carbons (Fsp3) is 0.733. The van der Waals surface area contributed by atoms with Crippen molar-refractivity contribution in [1.82, 2.24) is 9.78 Å². The van der Waals surface area contributed by atoms with E-state index in [1.807, 2.05) is 6.92 Å². The third kappa shape index (κ3) is 3.48. The van der Waals surface area contributed by atoms with E-state index in [4.69, 9.17) is 5.73 Å². The molecule has 2 atom stereocenters. The number of hydrogen-bond acceptors (Lipinski definition) is 4. The predicted molar refractivity (Wildman–Crippen MR) is 89.7 cm³/mol. The number of piperidine rings is 1. The molecular formula is C15H25BrN4O. The van der Waals surface area contributed by atoms with Crippen molar-refractivity contribution < 1.29 is 0 Å². The van der Waals surface area contributed by atoms with Crippen LogP contribution in [0.2, 0.25) is 0 Å². The van der Waals surface area contributed by atoms with Crippen molar-refractivity contribution in [2.24, 2.45) is 11.7 Å². The number of rotatable bonds is 5. The zero-order valence-electron chi connectivity index (χ0n) is 12.9. The minimum atomic E-state index is -0.0530. The number of halogens is 1. The van der Waals surface area contributed by atoms with Gasteiger partial charge in [-0.05, 0) is 41.1 Å². The fourth-order valence-corrected chi connectivity index (χ4v) is 3.61. The van der Waals surface area contributed by atoms with E-state index >= 15 is 0 Å². The second-order valence-corrected chi connectivity index (χ2v) is 6.55. The number of nitrogens with zero attached hydrogens (tertiary/aromatic N) is 3. The molecule has 0 aromatic carbocycles. The largest absolute Gasteiger partial charge is 0.365 e. The van der Waals surface area contributed by atoms with E-state index in [-0.39, 0.29) is 5.56 Å². The maximum Gasteiger partial charge on any atom is 0.283 e. The highest BCUT2D eigenvalue weighted by Gasteiger charge is 2.29. The molecule has 2 N–H and O–H groups in total. The number of aryl methyl sites for hydroxylation is 1. The van der Waals surface area contributed by atoms with Crippen molar-refractivity contribution in [2.75, 3.05) is 18.0 Å². The summed E-state index contributed by atoms with van der Waals surface area (Å²) in [6.45, 7) is 6.47. The summed E-state index contributed by atoms with van der Waals surface area (Å²) in [5.41, 5.74) is 6.79. The smallest absolute Gasteiger partial charge is 0.283 e. The SMILES string of the molecule is CCCn1ncc(N2CCC(CC)CC2CN)c(Br)c1=O. The summed E-state index contributed by atoms with van der Waals surface area (Å²) in [5, 5.41) is 4.30. The van der Waals surface area contributed by atoms with Crippen LogP contribution < -0.4 is 16.2 Å². The molecule has 118 valence electrons. The van der Waals surface area contributed by atoms with Crippen molar-refractivity contribution in [3.8, 4) is 0 Å². The Morgan fingerprint density at radius 2 is 2.24 bits per heavy atom. The standard InChI is InChI=1S/C15H25BrN4O/c1-3-6-20-15(21)14(16)13(10-18-20)19-7-5-11(4-2)8-12(19)9-17/h10-12H,3-9,17H2,1-2H3. The fourth-order valence-electron chi connectivity index (χ4n) is 3.07. The van der Waals surface area contributed by atoms with E-state index in [0.29, 0.717) is 23.6 Å². The summed E-state index contributed by atoms with van der Waals surface area (Å²) < 4.78 is 2.13. The lowest BCUT2D eigenvalue weighted by atomic mass is 9.88. The van der Waals surface area contributed by atoms with E-state index in [1.165, 1.54) is 11.1 Å². The quantitative estimate of drug-likeness (QED) is 0.879. The van der Waals surface area contributed by atoms with Crippen molar-refractivity contribution in [1.29, 1.82) is 0 Å². The van der Waals surface area contributed by atoms with Crippen LogP contribution in [0.15, 0.2) is 15.5 Å². The van der Waals surface area contributed by atoms with Gasteiger partial charge in [0, 0.05) is 25.7 Å². The average molecular weight is 357 g/mol. The maximum atomic E-state index is 12.3. The van der Waals surface area contributed by atoms with Crippen LogP contribution in [0.25, 0.3) is 0 Å². The molecule has 0 saturated carbocycles. The van der Waals surface area contributed by atoms with Gasteiger partial charge in [-0.2, -0.15) is 5.10 Å². The zero-order valence-corrected chi connectivity index (χ0v) is 14.5. The molecule has 1 aromatic heterocycles. The lowest BCUT2D eigenvalue weighted by Crippen LogP contribution is -2.47. The third-order valence-corrected chi connectivity index (χ3v) is 5.13. The zero-order chi connectivity index (χ0) is 15.4. The topological polar surface area (TPSA) is 64.2 Å². The van der Waals surface area contributed by atoms with Crippen molar-refractivity contribution in [2.45, 2.75) is 52.1 Å². The molecule has 0 bridgehead atoms. The van der Waals surface area contributed by atoms with Crippen molar-refractivity contribution >= 4 is 21.6 Å². The monoisotopic (exact) mass is 356 g/mol. The second-order valence-electron chi connectivity index (χ2n) is 5.75. The molecular weight excluding hydrogens is 332 g/mol. The average Bonchev–Trinajstić information content (AvgIpc) is 2.52. The Morgan fingerprint density at radius 3 is 2.86 bits per heavy atom. The first kappa shape index (κ1) is 16.5. The number of nitrogens with two attached hydrogens (primary N) is 1. The van der Waals surface area contributed by atoms with E-state index < -0.39 is 0 Å². The highest BCUT2D eigenvalue weighted by atomic mass is 79.9. The molecule has 1 aliphatic heterocycles. The Morgan fingerprint density at radius 1 is 1.48 bits per heavy atom. The summed E-state index contributed by atoms with van der Waals surface area (Å²) in [5.74, 6) is 0.738. The molecule has 0 radical (unpaired) electrons. The highest BCUT2D eigenvalue weighted by Crippen LogP contribution is 2.31. The summed E-state index contributed by atoms with van der Waals surface area (Å²) in [6.07, 6.45) is 6.14. The first-order chi connectivity index (χ1) is 10.1. The van der Waals surface area contributed by atoms with Gasteiger partial charge in [-0.1, -0.05) is 20.3 Å². The van der Waals surface area contributed by atoms with Crippen LogP contribution in [-0.2, 0) is 6.54 Å². The minimum Gasteiger partial charge on any atom is -0.365 e. The van der Waals surface area contributed by atoms with Gasteiger partial charge in [-0.15, -0.1) is 0 Å². The molecule has 1 aliphatic rings. The molecule has 0 spiro atoms. The lowest BCUT2D eigenvalue weighted by molar-refractivity contribution is 0.335. The molecule has 5 nitrogen and oxygen atoms in total. The normalized spacial score (nSPS) is 22.6. The van der Waals surface area contributed by atoms with Crippen molar-refractivity contribution in [3.63, 3.8) is 0 Å². The minimum absolute atomic E-state index is 0.0530. The van der Waals surface area contributed by atoms with E-state index in [2.05, 4.69) is 32.9 Å². The van der Waals surface area contributed by atoms with Gasteiger partial charge in [0.15, 0.2) is 0 Å². The Kier molecular flexibility index (Phi) is 5.81. The van der Waals surface area contributed by atoms with Crippen LogP contribution in [0, 0.1) is 5.92 Å². The molecule has 1 saturated heterocycles. The third-order valence-electron chi connectivity index (χ3n) is 4.39. The number of anilines is 1. The molecule has 2 unspecified atom stereocenters. The summed E-state index contributed by atoms with van der Waals surface area (Å²) in [6, 6.07) is 0.295. The van der Waals surface area contributed by atoms with Crippen LogP contribution in [0.4, 0.5) is 5.69 Å². The van der Waals surface area contributed by atoms with Gasteiger partial charge in [0.1, 0.15) is 4.47 Å². The molecule has 1 fully saturated rings. The second kappa shape index (κ2) is 7.40. The first-order valence-electron chi connectivity index (χ1n) is 7.84. The van der Waals surface area contributed by atoms with Crippen LogP contribution in [0.1, 0.15) is 39.5 Å². The Balaban J connectivity index is 2.29. The van der Waals surface area contributed by atoms with E-state index in [0.717, 1.165) is 37.4 Å². The molecule has 21 heavy (non-hydrogen) atoms. The van der Waals surface area contributed by atoms with E-state index in [9.17, 15) is 4.79 Å². The predicted octanol–water partition coefficient (Wildman–Crippen LogP) is 2.37. The summed E-state index contributed by atoms with van der Waals surface area (Å²) >= 11 is 3.47. The van der Waals surface area contributed by atoms with Crippen LogP contribution in [-0.4, -0.2) is 28.9 Å². The molecule has 2 heterocycles. The summed E-state index contributed by atoms with van der Waals surface area (Å²) in [7, 11) is 0. The number of aromatic nitrogens is 2. The first-order valence-corrected chi connectivity index (χ1v) is 8.63. The molecule has 0 amide bonds. The molecule has 2 rings (SSSR count). The van der Waals surface area contributed by atoms with Gasteiger partial charge in [0.2, 0.25) is 0 Å². The van der Waals surface area contributed by atoms with Gasteiger partial charge in [-0.3, -0.25) is 4.79 Å². The highest BCUT2D eigenvalue weighted by molar-refractivity contribution is 9.10. The summed E-state index contributed by atoms with van der Waals surface area (Å²) in [4.78, 5) is 14.6. The molecule has 6 heteroatoms.